The van der Waals surface area contributed by atoms with E-state index in [1.54, 1.807) is 0 Å². The van der Waals surface area contributed by atoms with Gasteiger partial charge in [-0.15, -0.1) is 12.4 Å². The molecule has 1 aliphatic heterocycles. The summed E-state index contributed by atoms with van der Waals surface area (Å²) in [6.45, 7) is 8.87. The van der Waals surface area contributed by atoms with Gasteiger partial charge in [-0.2, -0.15) is 0 Å². The molecule has 1 atom stereocenters. The number of piperidine rings is 1. The summed E-state index contributed by atoms with van der Waals surface area (Å²) in [5.41, 5.74) is 1.17. The van der Waals surface area contributed by atoms with Crippen molar-refractivity contribution in [1.82, 2.24) is 10.2 Å². The average Bonchev–Trinajstić information content (AvgIpc) is 3.09. The highest BCUT2D eigenvalue weighted by Gasteiger charge is 2.27. The second-order valence-corrected chi connectivity index (χ2v) is 7.59. The minimum atomic E-state index is -0.116. The Hall–Kier alpha value is -1.98. The Morgan fingerprint density at radius 3 is 2.46 bits per heavy atom. The van der Waals surface area contributed by atoms with E-state index >= 15 is 0 Å². The van der Waals surface area contributed by atoms with Crippen LogP contribution in [0.1, 0.15) is 42.9 Å². The maximum Gasteiger partial charge on any atom is 0.258 e. The topological polar surface area (TPSA) is 54.7 Å². The third-order valence-corrected chi connectivity index (χ3v) is 5.23. The largest absolute Gasteiger partial charge is 0.484 e. The van der Waals surface area contributed by atoms with E-state index in [0.717, 1.165) is 30.5 Å². The second-order valence-electron chi connectivity index (χ2n) is 7.59. The van der Waals surface area contributed by atoms with E-state index in [9.17, 15) is 4.79 Å². The molecule has 2 heterocycles. The number of nitrogens with one attached hydrogen (secondary N) is 1. The van der Waals surface area contributed by atoms with E-state index < -0.39 is 0 Å². The average molecular weight is 407 g/mol. The first-order chi connectivity index (χ1) is 13.0. The van der Waals surface area contributed by atoms with Crippen molar-refractivity contribution < 1.29 is 13.9 Å². The molecule has 0 radical (unpaired) electrons. The van der Waals surface area contributed by atoms with Crippen molar-refractivity contribution in [3.63, 3.8) is 0 Å². The number of rotatable bonds is 7. The van der Waals surface area contributed by atoms with Crippen molar-refractivity contribution >= 4 is 18.3 Å². The number of amides is 1. The summed E-state index contributed by atoms with van der Waals surface area (Å²) in [5.74, 6) is 3.17. The van der Waals surface area contributed by atoms with E-state index in [4.69, 9.17) is 9.15 Å². The lowest BCUT2D eigenvalue weighted by molar-refractivity contribution is -0.123. The van der Waals surface area contributed by atoms with Crippen molar-refractivity contribution in [2.45, 2.75) is 39.7 Å². The van der Waals surface area contributed by atoms with Gasteiger partial charge in [-0.05, 0) is 70.0 Å². The number of aryl methyl sites for hydroxylation is 2. The van der Waals surface area contributed by atoms with Gasteiger partial charge in [-0.3, -0.25) is 9.69 Å². The highest BCUT2D eigenvalue weighted by atomic mass is 35.5. The van der Waals surface area contributed by atoms with Crippen LogP contribution in [0.15, 0.2) is 40.8 Å². The zero-order chi connectivity index (χ0) is 19.2. The van der Waals surface area contributed by atoms with Gasteiger partial charge in [-0.1, -0.05) is 24.6 Å². The Balaban J connectivity index is 0.00000280. The molecular weight excluding hydrogens is 376 g/mol. The van der Waals surface area contributed by atoms with Gasteiger partial charge in [0.25, 0.3) is 5.91 Å². The van der Waals surface area contributed by atoms with Crippen LogP contribution in [0.5, 0.6) is 5.75 Å². The van der Waals surface area contributed by atoms with Gasteiger partial charge in [0.1, 0.15) is 17.3 Å². The lowest BCUT2D eigenvalue weighted by Gasteiger charge is -2.35. The number of hydrogen-bond donors (Lipinski definition) is 1. The third kappa shape index (κ3) is 6.28. The number of ether oxygens (including phenoxy) is 1. The van der Waals surface area contributed by atoms with Crippen LogP contribution < -0.4 is 10.1 Å². The van der Waals surface area contributed by atoms with Crippen LogP contribution in [-0.4, -0.2) is 37.0 Å². The fraction of sp³-hybridized carbons (Fsp3) is 0.500. The fourth-order valence-corrected chi connectivity index (χ4v) is 3.43. The van der Waals surface area contributed by atoms with Gasteiger partial charge in [0, 0.05) is 6.54 Å². The molecule has 1 aliphatic rings. The Morgan fingerprint density at radius 1 is 1.18 bits per heavy atom. The molecule has 1 aromatic carbocycles. The molecular formula is C22H31ClN2O3. The number of benzene rings is 1. The summed E-state index contributed by atoms with van der Waals surface area (Å²) in [6.07, 6.45) is 2.36. The first-order valence-electron chi connectivity index (χ1n) is 9.78. The summed E-state index contributed by atoms with van der Waals surface area (Å²) in [5, 5.41) is 3.02. The van der Waals surface area contributed by atoms with Gasteiger partial charge < -0.3 is 14.5 Å². The Bertz CT molecular complexity index is 736. The molecule has 0 spiro atoms. The zero-order valence-electron chi connectivity index (χ0n) is 16.9. The fourth-order valence-electron chi connectivity index (χ4n) is 3.43. The van der Waals surface area contributed by atoms with E-state index in [2.05, 4.69) is 17.1 Å². The van der Waals surface area contributed by atoms with Crippen LogP contribution in [0.3, 0.4) is 0 Å². The molecule has 3 rings (SSSR count). The Labute approximate surface area is 173 Å². The molecule has 154 valence electrons. The van der Waals surface area contributed by atoms with Crippen LogP contribution in [0.2, 0.25) is 0 Å². The lowest BCUT2D eigenvalue weighted by atomic mass is 9.97. The number of carbonyl (C=O) groups is 1. The monoisotopic (exact) mass is 406 g/mol. The van der Waals surface area contributed by atoms with Crippen molar-refractivity contribution in [3.8, 4) is 5.75 Å². The first-order valence-corrected chi connectivity index (χ1v) is 9.78. The summed E-state index contributed by atoms with van der Waals surface area (Å²) in [4.78, 5) is 14.7. The number of halogens is 1. The van der Waals surface area contributed by atoms with Crippen LogP contribution in [0.4, 0.5) is 0 Å². The number of carbonyl (C=O) groups excluding carboxylic acids is 1. The lowest BCUT2D eigenvalue weighted by Crippen LogP contribution is -2.42. The maximum absolute atomic E-state index is 12.3. The van der Waals surface area contributed by atoms with E-state index in [1.165, 1.54) is 18.4 Å². The van der Waals surface area contributed by atoms with Gasteiger partial charge in [0.05, 0.1) is 6.04 Å². The number of hydrogen-bond acceptors (Lipinski definition) is 4. The Kier molecular flexibility index (Phi) is 8.39. The number of nitrogens with zero attached hydrogens (tertiary/aromatic N) is 1. The predicted octanol–water partition coefficient (Wildman–Crippen LogP) is 4.29. The van der Waals surface area contributed by atoms with Crippen molar-refractivity contribution in [1.29, 1.82) is 0 Å². The van der Waals surface area contributed by atoms with Crippen molar-refractivity contribution in [2.24, 2.45) is 5.92 Å². The quantitative estimate of drug-likeness (QED) is 0.745. The first kappa shape index (κ1) is 22.3. The second kappa shape index (κ2) is 10.5. The molecule has 1 unspecified atom stereocenters. The molecule has 1 fully saturated rings. The molecule has 2 aromatic rings. The summed E-state index contributed by atoms with van der Waals surface area (Å²) in [7, 11) is 0. The van der Waals surface area contributed by atoms with Crippen molar-refractivity contribution in [3.05, 3.63) is 53.5 Å². The maximum atomic E-state index is 12.3. The minimum Gasteiger partial charge on any atom is -0.484 e. The third-order valence-electron chi connectivity index (χ3n) is 5.23. The van der Waals surface area contributed by atoms with E-state index in [1.807, 2.05) is 50.2 Å². The molecule has 1 N–H and O–H groups in total. The molecule has 0 aliphatic carbocycles. The van der Waals surface area contributed by atoms with Crippen LogP contribution in [0, 0.1) is 19.8 Å². The molecule has 6 heteroatoms. The van der Waals surface area contributed by atoms with Gasteiger partial charge in [-0.25, -0.2) is 0 Å². The van der Waals surface area contributed by atoms with Crippen LogP contribution >= 0.6 is 12.4 Å². The van der Waals surface area contributed by atoms with Crippen LogP contribution in [-0.2, 0) is 4.79 Å². The van der Waals surface area contributed by atoms with E-state index in [0.29, 0.717) is 12.3 Å². The minimum absolute atomic E-state index is 0. The Morgan fingerprint density at radius 2 is 1.86 bits per heavy atom. The molecule has 1 amide bonds. The molecule has 1 aromatic heterocycles. The van der Waals surface area contributed by atoms with E-state index in [-0.39, 0.29) is 31.0 Å². The molecule has 1 saturated heterocycles. The van der Waals surface area contributed by atoms with Gasteiger partial charge in [0.2, 0.25) is 0 Å². The molecule has 0 saturated carbocycles. The SMILES string of the molecule is Cc1ccc(OCC(=O)NCC(c2ccc(C)o2)N2CCC(C)CC2)cc1.Cl. The van der Waals surface area contributed by atoms with Crippen LogP contribution in [0.25, 0.3) is 0 Å². The standard InChI is InChI=1S/C22H30N2O3.ClH/c1-16-4-7-19(8-5-16)26-15-22(25)23-14-20(21-9-6-18(3)27-21)24-12-10-17(2)11-13-24;/h4-9,17,20H,10-15H2,1-3H3,(H,23,25);1H. The predicted molar refractivity (Wildman–Crippen MR) is 113 cm³/mol. The zero-order valence-corrected chi connectivity index (χ0v) is 17.8. The van der Waals surface area contributed by atoms with Crippen molar-refractivity contribution in [2.75, 3.05) is 26.2 Å². The summed E-state index contributed by atoms with van der Waals surface area (Å²) in [6, 6.07) is 11.8. The molecule has 0 bridgehead atoms. The molecule has 28 heavy (non-hydrogen) atoms. The number of furan rings is 1. The highest BCUT2D eigenvalue weighted by Crippen LogP contribution is 2.27. The highest BCUT2D eigenvalue weighted by molar-refractivity contribution is 5.85. The molecule has 5 nitrogen and oxygen atoms in total. The summed E-state index contributed by atoms with van der Waals surface area (Å²) < 4.78 is 11.4. The van der Waals surface area contributed by atoms with Gasteiger partial charge >= 0.3 is 0 Å². The van der Waals surface area contributed by atoms with Gasteiger partial charge in [0.15, 0.2) is 6.61 Å². The summed E-state index contributed by atoms with van der Waals surface area (Å²) >= 11 is 0. The smallest absolute Gasteiger partial charge is 0.258 e. The number of likely N-dealkylation sites (tertiary alicyclic amines) is 1. The normalized spacial score (nSPS) is 16.2.